The number of benzene rings is 1. The molecule has 84 valence electrons. The summed E-state index contributed by atoms with van der Waals surface area (Å²) in [7, 11) is -4.67. The molecule has 0 amide bonds. The minimum atomic E-state index is -4.76. The standard InChI is InChI=1S/C7H6F3NO3S/c8-7(9,10)11-5-3-1-2-4-6(5)15(12,13)14/h1-4,11H,(H,12,13,14). The fraction of sp³-hybridized carbons (Fsp3) is 0.143. The fourth-order valence-electron chi connectivity index (χ4n) is 0.948. The highest BCUT2D eigenvalue weighted by Gasteiger charge is 2.29. The second-order valence-corrected chi connectivity index (χ2v) is 3.98. The van der Waals surface area contributed by atoms with Crippen LogP contribution in [0.5, 0.6) is 0 Å². The van der Waals surface area contributed by atoms with Crippen LogP contribution in [0.25, 0.3) is 0 Å². The third kappa shape index (κ3) is 3.40. The highest BCUT2D eigenvalue weighted by Crippen LogP contribution is 2.25. The van der Waals surface area contributed by atoms with Crippen molar-refractivity contribution in [2.24, 2.45) is 0 Å². The summed E-state index contributed by atoms with van der Waals surface area (Å²) in [5.41, 5.74) is -0.715. The van der Waals surface area contributed by atoms with E-state index in [-0.39, 0.29) is 0 Å². The predicted molar refractivity (Wildman–Crippen MR) is 45.9 cm³/mol. The lowest BCUT2D eigenvalue weighted by Gasteiger charge is -2.12. The molecular formula is C7H6F3NO3S. The first-order valence-electron chi connectivity index (χ1n) is 3.61. The Kier molecular flexibility index (Phi) is 2.91. The number of hydrogen-bond donors (Lipinski definition) is 2. The van der Waals surface area contributed by atoms with Gasteiger partial charge < -0.3 is 0 Å². The Labute approximate surface area is 83.5 Å². The van der Waals surface area contributed by atoms with Crippen molar-refractivity contribution in [3.63, 3.8) is 0 Å². The first-order valence-corrected chi connectivity index (χ1v) is 5.05. The topological polar surface area (TPSA) is 66.4 Å². The third-order valence-electron chi connectivity index (χ3n) is 1.44. The van der Waals surface area contributed by atoms with Crippen LogP contribution in [0.1, 0.15) is 0 Å². The zero-order valence-corrected chi connectivity index (χ0v) is 7.93. The predicted octanol–water partition coefficient (Wildman–Crippen LogP) is 1.87. The van der Waals surface area contributed by atoms with Gasteiger partial charge in [-0.3, -0.25) is 9.87 Å². The summed E-state index contributed by atoms with van der Waals surface area (Å²) in [6.45, 7) is 0. The van der Waals surface area contributed by atoms with Gasteiger partial charge in [0.25, 0.3) is 10.1 Å². The number of nitrogens with one attached hydrogen (secondary N) is 1. The number of alkyl halides is 3. The first-order chi connectivity index (χ1) is 6.70. The quantitative estimate of drug-likeness (QED) is 0.612. The number of halogens is 3. The lowest BCUT2D eigenvalue weighted by molar-refractivity contribution is -0.100. The Balaban J connectivity index is 3.20. The Bertz CT molecular complexity index is 455. The first kappa shape index (κ1) is 11.8. The zero-order valence-electron chi connectivity index (χ0n) is 7.12. The van der Waals surface area contributed by atoms with Crippen molar-refractivity contribution in [3.05, 3.63) is 24.3 Å². The normalized spacial score (nSPS) is 12.5. The molecule has 1 aromatic carbocycles. The average molecular weight is 241 g/mol. The van der Waals surface area contributed by atoms with Crippen molar-refractivity contribution >= 4 is 15.8 Å². The Morgan fingerprint density at radius 3 is 2.20 bits per heavy atom. The molecule has 0 aliphatic rings. The molecule has 0 aliphatic carbocycles. The maximum Gasteiger partial charge on any atom is 0.482 e. The Morgan fingerprint density at radius 1 is 1.20 bits per heavy atom. The van der Waals surface area contributed by atoms with E-state index in [0.717, 1.165) is 17.4 Å². The highest BCUT2D eigenvalue weighted by molar-refractivity contribution is 7.86. The van der Waals surface area contributed by atoms with Crippen LogP contribution in [-0.4, -0.2) is 19.3 Å². The molecule has 4 nitrogen and oxygen atoms in total. The summed E-state index contributed by atoms with van der Waals surface area (Å²) in [5.74, 6) is 0. The molecule has 1 rings (SSSR count). The van der Waals surface area contributed by atoms with Crippen molar-refractivity contribution < 1.29 is 26.1 Å². The third-order valence-corrected chi connectivity index (χ3v) is 2.35. The molecule has 0 atom stereocenters. The lowest BCUT2D eigenvalue weighted by Crippen LogP contribution is -2.22. The zero-order chi connectivity index (χ0) is 11.7. The van der Waals surface area contributed by atoms with Crippen molar-refractivity contribution in [1.29, 1.82) is 0 Å². The molecule has 8 heteroatoms. The average Bonchev–Trinajstić information content (AvgIpc) is 1.99. The number of anilines is 1. The molecular weight excluding hydrogens is 235 g/mol. The van der Waals surface area contributed by atoms with E-state index in [1.165, 1.54) is 12.1 Å². The van der Waals surface area contributed by atoms with Crippen molar-refractivity contribution in [3.8, 4) is 0 Å². The van der Waals surface area contributed by atoms with E-state index in [2.05, 4.69) is 0 Å². The molecule has 0 aromatic heterocycles. The van der Waals surface area contributed by atoms with Gasteiger partial charge in [-0.05, 0) is 12.1 Å². The summed E-state index contributed by atoms with van der Waals surface area (Å²) < 4.78 is 65.8. The van der Waals surface area contributed by atoms with Crippen LogP contribution >= 0.6 is 0 Å². The molecule has 0 saturated heterocycles. The summed E-state index contributed by atoms with van der Waals surface area (Å²) in [4.78, 5) is -0.817. The molecule has 0 unspecified atom stereocenters. The number of hydrogen-bond acceptors (Lipinski definition) is 3. The van der Waals surface area contributed by atoms with E-state index in [9.17, 15) is 21.6 Å². The van der Waals surface area contributed by atoms with Gasteiger partial charge in [0.15, 0.2) is 0 Å². The van der Waals surface area contributed by atoms with Crippen LogP contribution in [0, 0.1) is 0 Å². The van der Waals surface area contributed by atoms with Gasteiger partial charge >= 0.3 is 6.30 Å². The summed E-state index contributed by atoms with van der Waals surface area (Å²) in [5, 5.41) is 1.02. The molecule has 0 bridgehead atoms. The van der Waals surface area contributed by atoms with Crippen LogP contribution in [0.4, 0.5) is 18.9 Å². The van der Waals surface area contributed by atoms with Gasteiger partial charge in [0, 0.05) is 0 Å². The second kappa shape index (κ2) is 3.70. The summed E-state index contributed by atoms with van der Waals surface area (Å²) >= 11 is 0. The molecule has 0 radical (unpaired) electrons. The smallest absolute Gasteiger partial charge is 0.296 e. The van der Waals surface area contributed by atoms with Crippen molar-refractivity contribution in [1.82, 2.24) is 0 Å². The van der Waals surface area contributed by atoms with Gasteiger partial charge in [-0.25, -0.2) is 0 Å². The Morgan fingerprint density at radius 2 is 1.73 bits per heavy atom. The van der Waals surface area contributed by atoms with E-state index in [0.29, 0.717) is 0 Å². The summed E-state index contributed by atoms with van der Waals surface area (Å²) in [6, 6.07) is 4.17. The SMILES string of the molecule is O=S(=O)(O)c1ccccc1NC(F)(F)F. The van der Waals surface area contributed by atoms with Crippen molar-refractivity contribution in [2.45, 2.75) is 11.2 Å². The maximum absolute atomic E-state index is 11.9. The van der Waals surface area contributed by atoms with Crippen LogP contribution < -0.4 is 5.32 Å². The molecule has 0 saturated carbocycles. The van der Waals surface area contributed by atoms with Crippen molar-refractivity contribution in [2.75, 3.05) is 5.32 Å². The fourth-order valence-corrected chi connectivity index (χ4v) is 1.60. The highest BCUT2D eigenvalue weighted by atomic mass is 32.2. The molecule has 0 fully saturated rings. The molecule has 1 aromatic rings. The van der Waals surface area contributed by atoms with E-state index in [1.54, 1.807) is 0 Å². The van der Waals surface area contributed by atoms with E-state index in [1.807, 2.05) is 0 Å². The lowest BCUT2D eigenvalue weighted by atomic mass is 10.3. The van der Waals surface area contributed by atoms with Gasteiger partial charge in [-0.2, -0.15) is 21.6 Å². The van der Waals surface area contributed by atoms with Crippen LogP contribution in [0.3, 0.4) is 0 Å². The van der Waals surface area contributed by atoms with Gasteiger partial charge in [-0.1, -0.05) is 12.1 Å². The van der Waals surface area contributed by atoms with E-state index < -0.39 is 27.0 Å². The Hall–Kier alpha value is -1.28. The maximum atomic E-state index is 11.9. The molecule has 0 aliphatic heterocycles. The van der Waals surface area contributed by atoms with Gasteiger partial charge in [0.05, 0.1) is 5.69 Å². The van der Waals surface area contributed by atoms with Gasteiger partial charge in [0.1, 0.15) is 4.90 Å². The second-order valence-electron chi connectivity index (χ2n) is 2.59. The molecule has 2 N–H and O–H groups in total. The van der Waals surface area contributed by atoms with E-state index >= 15 is 0 Å². The molecule has 0 heterocycles. The number of para-hydroxylation sites is 1. The van der Waals surface area contributed by atoms with Crippen LogP contribution in [0.15, 0.2) is 29.2 Å². The molecule has 0 spiro atoms. The van der Waals surface area contributed by atoms with Gasteiger partial charge in [0.2, 0.25) is 0 Å². The van der Waals surface area contributed by atoms with Crippen LogP contribution in [0.2, 0.25) is 0 Å². The number of rotatable bonds is 2. The van der Waals surface area contributed by atoms with Gasteiger partial charge in [-0.15, -0.1) is 0 Å². The minimum Gasteiger partial charge on any atom is -0.296 e. The minimum absolute atomic E-state index is 0.715. The largest absolute Gasteiger partial charge is 0.482 e. The monoisotopic (exact) mass is 241 g/mol. The summed E-state index contributed by atoms with van der Waals surface area (Å²) in [6.07, 6.45) is -4.76. The molecule has 15 heavy (non-hydrogen) atoms. The van der Waals surface area contributed by atoms with E-state index in [4.69, 9.17) is 4.55 Å². The van der Waals surface area contributed by atoms with Crippen LogP contribution in [-0.2, 0) is 10.1 Å².